The smallest absolute Gasteiger partial charge is 0.263 e. The third kappa shape index (κ3) is 2.91. The van der Waals surface area contributed by atoms with Gasteiger partial charge in [-0.25, -0.2) is 8.42 Å². The van der Waals surface area contributed by atoms with Gasteiger partial charge in [0.2, 0.25) is 5.91 Å². The molecule has 8 heteroatoms. The van der Waals surface area contributed by atoms with Crippen LogP contribution in [0.4, 0.5) is 5.82 Å². The first-order valence-corrected chi connectivity index (χ1v) is 6.81. The van der Waals surface area contributed by atoms with Gasteiger partial charge < -0.3 is 5.73 Å². The van der Waals surface area contributed by atoms with Gasteiger partial charge in [-0.1, -0.05) is 0 Å². The van der Waals surface area contributed by atoms with Gasteiger partial charge in [0.25, 0.3) is 10.0 Å². The molecule has 0 saturated heterocycles. The van der Waals surface area contributed by atoms with Crippen molar-refractivity contribution in [1.82, 2.24) is 10.2 Å². The van der Waals surface area contributed by atoms with E-state index < -0.39 is 15.9 Å². The van der Waals surface area contributed by atoms with Gasteiger partial charge in [-0.2, -0.15) is 5.10 Å². The molecular formula is C11H12N4O3S. The van der Waals surface area contributed by atoms with Crippen molar-refractivity contribution >= 4 is 21.7 Å². The maximum absolute atomic E-state index is 12.0. The van der Waals surface area contributed by atoms with E-state index in [0.717, 1.165) is 5.69 Å². The summed E-state index contributed by atoms with van der Waals surface area (Å²) in [5.41, 5.74) is 6.06. The van der Waals surface area contributed by atoms with Crippen LogP contribution < -0.4 is 10.5 Å². The van der Waals surface area contributed by atoms with E-state index >= 15 is 0 Å². The van der Waals surface area contributed by atoms with Crippen molar-refractivity contribution < 1.29 is 13.2 Å². The summed E-state index contributed by atoms with van der Waals surface area (Å²) in [6, 6.07) is 6.89. The second kappa shape index (κ2) is 4.73. The second-order valence-electron chi connectivity index (χ2n) is 3.93. The number of nitrogens with one attached hydrogen (secondary N) is 2. The van der Waals surface area contributed by atoms with Crippen LogP contribution in [0.15, 0.2) is 35.2 Å². The fourth-order valence-corrected chi connectivity index (χ4v) is 2.46. The quantitative estimate of drug-likeness (QED) is 0.760. The predicted octanol–water partition coefficient (Wildman–Crippen LogP) is 0.618. The van der Waals surface area contributed by atoms with E-state index in [4.69, 9.17) is 5.73 Å². The number of aromatic nitrogens is 2. The molecule has 0 bridgehead atoms. The number of H-pyrrole nitrogens is 1. The SMILES string of the molecule is Cc1cc(NS(=O)(=O)c2ccc(C(N)=O)cc2)n[nH]1. The van der Waals surface area contributed by atoms with Crippen LogP contribution in [0, 0.1) is 6.92 Å². The molecule has 0 atom stereocenters. The minimum atomic E-state index is -3.73. The Bertz CT molecular complexity index is 704. The lowest BCUT2D eigenvalue weighted by atomic mass is 10.2. The molecule has 2 aromatic rings. The molecule has 0 saturated carbocycles. The monoisotopic (exact) mass is 280 g/mol. The normalized spacial score (nSPS) is 11.2. The van der Waals surface area contributed by atoms with Crippen LogP contribution >= 0.6 is 0 Å². The molecular weight excluding hydrogens is 268 g/mol. The Labute approximate surface area is 109 Å². The zero-order chi connectivity index (χ0) is 14.0. The van der Waals surface area contributed by atoms with Crippen LogP contribution in [0.5, 0.6) is 0 Å². The highest BCUT2D eigenvalue weighted by Crippen LogP contribution is 2.15. The molecule has 0 aliphatic rings. The van der Waals surface area contributed by atoms with Crippen molar-refractivity contribution in [2.75, 3.05) is 4.72 Å². The Hall–Kier alpha value is -2.35. The van der Waals surface area contributed by atoms with Crippen molar-refractivity contribution in [2.45, 2.75) is 11.8 Å². The number of hydrogen-bond acceptors (Lipinski definition) is 4. The number of nitrogens with zero attached hydrogens (tertiary/aromatic N) is 1. The molecule has 4 N–H and O–H groups in total. The number of carbonyl (C=O) groups is 1. The first-order chi connectivity index (χ1) is 8.88. The van der Waals surface area contributed by atoms with Crippen LogP contribution in [0.3, 0.4) is 0 Å². The number of aromatic amines is 1. The molecule has 1 aromatic carbocycles. The first-order valence-electron chi connectivity index (χ1n) is 5.33. The molecule has 2 rings (SSSR count). The lowest BCUT2D eigenvalue weighted by molar-refractivity contribution is 0.1000. The van der Waals surface area contributed by atoms with Gasteiger partial charge in [-0.15, -0.1) is 0 Å². The lowest BCUT2D eigenvalue weighted by Gasteiger charge is -2.05. The third-order valence-corrected chi connectivity index (χ3v) is 3.76. The van der Waals surface area contributed by atoms with Crippen LogP contribution in [-0.4, -0.2) is 24.5 Å². The molecule has 0 fully saturated rings. The summed E-state index contributed by atoms with van der Waals surface area (Å²) < 4.78 is 26.3. The summed E-state index contributed by atoms with van der Waals surface area (Å²) in [7, 11) is -3.73. The number of hydrogen-bond donors (Lipinski definition) is 3. The summed E-state index contributed by atoms with van der Waals surface area (Å²) in [4.78, 5) is 10.9. The minimum absolute atomic E-state index is 0.0261. The number of primary amides is 1. The number of rotatable bonds is 4. The molecule has 0 aliphatic carbocycles. The van der Waals surface area contributed by atoms with Gasteiger partial charge in [-0.3, -0.25) is 14.6 Å². The standard InChI is InChI=1S/C11H12N4O3S/c1-7-6-10(14-13-7)15-19(17,18)9-4-2-8(3-5-9)11(12)16/h2-6H,1H3,(H2,12,16)(H2,13,14,15). The van der Waals surface area contributed by atoms with Crippen LogP contribution in [0.25, 0.3) is 0 Å². The van der Waals surface area contributed by atoms with Crippen molar-refractivity contribution in [3.63, 3.8) is 0 Å². The number of benzene rings is 1. The summed E-state index contributed by atoms with van der Waals surface area (Å²) in [5.74, 6) is -0.406. The van der Waals surface area contributed by atoms with E-state index in [1.54, 1.807) is 13.0 Å². The zero-order valence-electron chi connectivity index (χ0n) is 10.0. The topological polar surface area (TPSA) is 118 Å². The molecule has 0 aliphatic heterocycles. The van der Waals surface area contributed by atoms with Gasteiger partial charge in [0, 0.05) is 17.3 Å². The largest absolute Gasteiger partial charge is 0.366 e. The Morgan fingerprint density at radius 1 is 1.32 bits per heavy atom. The number of aryl methyl sites for hydroxylation is 1. The highest BCUT2D eigenvalue weighted by Gasteiger charge is 2.15. The maximum atomic E-state index is 12.0. The van der Waals surface area contributed by atoms with E-state index in [0.29, 0.717) is 0 Å². The van der Waals surface area contributed by atoms with E-state index in [2.05, 4.69) is 14.9 Å². The van der Waals surface area contributed by atoms with Crippen molar-refractivity contribution in [1.29, 1.82) is 0 Å². The molecule has 7 nitrogen and oxygen atoms in total. The van der Waals surface area contributed by atoms with Gasteiger partial charge in [-0.05, 0) is 31.2 Å². The molecule has 0 unspecified atom stereocenters. The average molecular weight is 280 g/mol. The summed E-state index contributed by atoms with van der Waals surface area (Å²) in [6.45, 7) is 1.76. The average Bonchev–Trinajstić information content (AvgIpc) is 2.74. The minimum Gasteiger partial charge on any atom is -0.366 e. The number of anilines is 1. The molecule has 0 spiro atoms. The van der Waals surface area contributed by atoms with Gasteiger partial charge in [0.15, 0.2) is 5.82 Å². The summed E-state index contributed by atoms with van der Waals surface area (Å²) in [5, 5.41) is 6.41. The van der Waals surface area contributed by atoms with Gasteiger partial charge >= 0.3 is 0 Å². The fraction of sp³-hybridized carbons (Fsp3) is 0.0909. The number of amides is 1. The van der Waals surface area contributed by atoms with Crippen LogP contribution in [-0.2, 0) is 10.0 Å². The Morgan fingerprint density at radius 3 is 2.42 bits per heavy atom. The molecule has 1 amide bonds. The Balaban J connectivity index is 2.26. The van der Waals surface area contributed by atoms with Crippen LogP contribution in [0.2, 0.25) is 0 Å². The zero-order valence-corrected chi connectivity index (χ0v) is 10.9. The van der Waals surface area contributed by atoms with Crippen LogP contribution in [0.1, 0.15) is 16.1 Å². The molecule has 19 heavy (non-hydrogen) atoms. The molecule has 0 radical (unpaired) electrons. The molecule has 100 valence electrons. The molecule has 1 heterocycles. The highest BCUT2D eigenvalue weighted by atomic mass is 32.2. The first kappa shape index (κ1) is 13.1. The summed E-state index contributed by atoms with van der Waals surface area (Å²) >= 11 is 0. The van der Waals surface area contributed by atoms with Crippen molar-refractivity contribution in [2.24, 2.45) is 5.73 Å². The van der Waals surface area contributed by atoms with Gasteiger partial charge in [0.05, 0.1) is 4.90 Å². The highest BCUT2D eigenvalue weighted by molar-refractivity contribution is 7.92. The number of sulfonamides is 1. The van der Waals surface area contributed by atoms with E-state index in [1.165, 1.54) is 24.3 Å². The Kier molecular flexibility index (Phi) is 3.26. The summed E-state index contributed by atoms with van der Waals surface area (Å²) in [6.07, 6.45) is 0. The van der Waals surface area contributed by atoms with Crippen molar-refractivity contribution in [3.05, 3.63) is 41.6 Å². The van der Waals surface area contributed by atoms with Gasteiger partial charge in [0.1, 0.15) is 0 Å². The fourth-order valence-electron chi connectivity index (χ4n) is 1.47. The molecule has 1 aromatic heterocycles. The maximum Gasteiger partial charge on any atom is 0.263 e. The van der Waals surface area contributed by atoms with Crippen molar-refractivity contribution in [3.8, 4) is 0 Å². The number of nitrogens with two attached hydrogens (primary N) is 1. The predicted molar refractivity (Wildman–Crippen MR) is 69.1 cm³/mol. The lowest BCUT2D eigenvalue weighted by Crippen LogP contribution is -2.14. The van der Waals surface area contributed by atoms with E-state index in [1.807, 2.05) is 0 Å². The Morgan fingerprint density at radius 2 is 1.95 bits per heavy atom. The van der Waals surface area contributed by atoms with E-state index in [-0.39, 0.29) is 16.3 Å². The third-order valence-electron chi connectivity index (χ3n) is 2.39. The van der Waals surface area contributed by atoms with E-state index in [9.17, 15) is 13.2 Å². The number of carbonyl (C=O) groups excluding carboxylic acids is 1. The second-order valence-corrected chi connectivity index (χ2v) is 5.61.